The SMILES string of the molecule is Clc1c(N(c2ccc(-c3ccccc3)cc2)c2ccc(-c3ccccc3)cc2)cccc1N(c1ccc([Si](c2ccccc2)(c2ccccc2)c2ccccc2)cc1)c1ccc([Si](c2ccccc2)(c2ccccc2)c2ccccc2)cc1. The van der Waals surface area contributed by atoms with Crippen LogP contribution >= 0.6 is 11.6 Å². The van der Waals surface area contributed by atoms with Gasteiger partial charge in [0.1, 0.15) is 0 Å². The zero-order valence-electron chi connectivity index (χ0n) is 45.8. The van der Waals surface area contributed by atoms with Gasteiger partial charge in [0.2, 0.25) is 0 Å². The minimum atomic E-state index is -2.85. The summed E-state index contributed by atoms with van der Waals surface area (Å²) in [5.41, 5.74) is 10.3. The molecule has 0 unspecified atom stereocenters. The average molecular weight is 1120 g/mol. The van der Waals surface area contributed by atoms with Gasteiger partial charge >= 0.3 is 0 Å². The number of hydrogen-bond acceptors (Lipinski definition) is 2. The van der Waals surface area contributed by atoms with Crippen molar-refractivity contribution in [3.63, 3.8) is 0 Å². The Morgan fingerprint density at radius 2 is 0.373 bits per heavy atom. The van der Waals surface area contributed by atoms with Gasteiger partial charge in [-0.15, -0.1) is 0 Å². The van der Waals surface area contributed by atoms with Gasteiger partial charge in [-0.1, -0.05) is 309 Å². The minimum Gasteiger partial charge on any atom is -0.309 e. The molecule has 13 aromatic carbocycles. The predicted molar refractivity (Wildman–Crippen MR) is 359 cm³/mol. The molecule has 0 heterocycles. The first-order valence-corrected chi connectivity index (χ1v) is 32.7. The first-order valence-electron chi connectivity index (χ1n) is 28.3. The second-order valence-corrected chi connectivity index (χ2v) is 28.9. The smallest absolute Gasteiger partial charge is 0.179 e. The highest BCUT2D eigenvalue weighted by atomic mass is 35.5. The molecule has 0 aromatic heterocycles. The van der Waals surface area contributed by atoms with Crippen molar-refractivity contribution in [3.8, 4) is 22.3 Å². The molecule has 2 nitrogen and oxygen atoms in total. The van der Waals surface area contributed by atoms with E-state index in [0.717, 1.165) is 56.4 Å². The Kier molecular flexibility index (Phi) is 15.0. The van der Waals surface area contributed by atoms with Crippen LogP contribution in [-0.2, 0) is 0 Å². The lowest BCUT2D eigenvalue weighted by molar-refractivity contribution is 1.25. The van der Waals surface area contributed by atoms with Gasteiger partial charge in [0.05, 0.1) is 16.4 Å². The molecule has 0 saturated carbocycles. The topological polar surface area (TPSA) is 6.48 Å². The van der Waals surface area contributed by atoms with Crippen molar-refractivity contribution in [3.05, 3.63) is 363 Å². The summed E-state index contributed by atoms with van der Waals surface area (Å²) in [4.78, 5) is 4.64. The maximum absolute atomic E-state index is 8.17. The van der Waals surface area contributed by atoms with Crippen LogP contribution in [0.3, 0.4) is 0 Å². The summed E-state index contributed by atoms with van der Waals surface area (Å²) in [7, 11) is -5.70. The van der Waals surface area contributed by atoms with Gasteiger partial charge in [-0.3, -0.25) is 0 Å². The Bertz CT molecular complexity index is 3750. The van der Waals surface area contributed by atoms with Gasteiger partial charge < -0.3 is 9.80 Å². The van der Waals surface area contributed by atoms with Crippen molar-refractivity contribution >= 4 is 103 Å². The molecule has 0 bridgehead atoms. The Morgan fingerprint density at radius 3 is 0.614 bits per heavy atom. The molecular weight excluding hydrogens is 1060 g/mol. The predicted octanol–water partition coefficient (Wildman–Crippen LogP) is 15.4. The normalized spacial score (nSPS) is 11.4. The van der Waals surface area contributed by atoms with E-state index in [0.29, 0.717) is 5.02 Å². The molecule has 83 heavy (non-hydrogen) atoms. The molecule has 0 aliphatic rings. The molecular formula is C78H59ClN2Si2. The summed E-state index contributed by atoms with van der Waals surface area (Å²) in [5.74, 6) is 0. The van der Waals surface area contributed by atoms with Crippen LogP contribution in [0.15, 0.2) is 358 Å². The molecule has 0 spiro atoms. The van der Waals surface area contributed by atoms with E-state index in [4.69, 9.17) is 11.6 Å². The number of hydrogen-bond donors (Lipinski definition) is 0. The van der Waals surface area contributed by atoms with E-state index in [9.17, 15) is 0 Å². The van der Waals surface area contributed by atoms with Crippen LogP contribution in [0.5, 0.6) is 0 Å². The van der Waals surface area contributed by atoms with Gasteiger partial charge in [0.15, 0.2) is 16.1 Å². The van der Waals surface area contributed by atoms with Crippen LogP contribution in [0.4, 0.5) is 34.1 Å². The van der Waals surface area contributed by atoms with Crippen LogP contribution < -0.4 is 51.3 Å². The molecule has 0 amide bonds. The maximum Gasteiger partial charge on any atom is 0.179 e. The Hall–Kier alpha value is -9.82. The molecule has 13 aromatic rings. The highest BCUT2D eigenvalue weighted by Crippen LogP contribution is 2.47. The van der Waals surface area contributed by atoms with Crippen molar-refractivity contribution in [2.24, 2.45) is 0 Å². The van der Waals surface area contributed by atoms with Crippen molar-refractivity contribution in [2.45, 2.75) is 0 Å². The first-order chi connectivity index (χ1) is 41.1. The van der Waals surface area contributed by atoms with E-state index in [1.807, 2.05) is 0 Å². The van der Waals surface area contributed by atoms with Crippen LogP contribution in [0.25, 0.3) is 22.3 Å². The van der Waals surface area contributed by atoms with Gasteiger partial charge in [0.25, 0.3) is 0 Å². The van der Waals surface area contributed by atoms with E-state index in [-0.39, 0.29) is 0 Å². The molecule has 0 atom stereocenters. The quantitative estimate of drug-likeness (QED) is 0.0703. The van der Waals surface area contributed by atoms with E-state index in [2.05, 4.69) is 368 Å². The second-order valence-electron chi connectivity index (χ2n) is 20.9. The zero-order valence-corrected chi connectivity index (χ0v) is 48.6. The highest BCUT2D eigenvalue weighted by molar-refractivity contribution is 7.20. The molecule has 0 aliphatic heterocycles. The summed E-state index contributed by atoms with van der Waals surface area (Å²) in [6.45, 7) is 0. The van der Waals surface area contributed by atoms with E-state index in [1.165, 1.54) is 41.5 Å². The van der Waals surface area contributed by atoms with Crippen molar-refractivity contribution < 1.29 is 0 Å². The third-order valence-electron chi connectivity index (χ3n) is 16.3. The van der Waals surface area contributed by atoms with Crippen molar-refractivity contribution in [1.82, 2.24) is 0 Å². The number of nitrogens with zero attached hydrogens (tertiary/aromatic N) is 2. The fraction of sp³-hybridized carbons (Fsp3) is 0. The third-order valence-corrected chi connectivity index (χ3v) is 26.2. The van der Waals surface area contributed by atoms with E-state index >= 15 is 0 Å². The van der Waals surface area contributed by atoms with Gasteiger partial charge in [0, 0.05) is 22.7 Å². The average Bonchev–Trinajstić information content (AvgIpc) is 3.25. The minimum absolute atomic E-state index is 0.614. The lowest BCUT2D eigenvalue weighted by Crippen LogP contribution is -2.74. The zero-order chi connectivity index (χ0) is 55.8. The number of rotatable bonds is 16. The lowest BCUT2D eigenvalue weighted by Gasteiger charge is -2.36. The van der Waals surface area contributed by atoms with Crippen molar-refractivity contribution in [1.29, 1.82) is 0 Å². The maximum atomic E-state index is 8.17. The molecule has 396 valence electrons. The number of halogens is 1. The second kappa shape index (κ2) is 23.7. The van der Waals surface area contributed by atoms with E-state index < -0.39 is 16.1 Å². The van der Waals surface area contributed by atoms with Gasteiger partial charge in [-0.25, -0.2) is 0 Å². The molecule has 5 heteroatoms. The van der Waals surface area contributed by atoms with Gasteiger partial charge in [-0.05, 0) is 124 Å². The molecule has 0 aliphatic carbocycles. The third kappa shape index (κ3) is 10.0. The van der Waals surface area contributed by atoms with Crippen LogP contribution in [0.1, 0.15) is 0 Å². The molecule has 0 saturated heterocycles. The summed E-state index contributed by atoms with van der Waals surface area (Å²) in [6.07, 6.45) is 0. The van der Waals surface area contributed by atoms with Crippen molar-refractivity contribution in [2.75, 3.05) is 9.80 Å². The molecule has 0 fully saturated rings. The molecule has 0 N–H and O–H groups in total. The standard InChI is InChI=1S/C78H59ClN2Si2/c79-78-76(80(64-48-44-62(45-49-64)60-26-9-1-10-27-60)65-50-46-63(47-51-65)61-28-11-2-12-29-61)42-25-43-77(78)81(66-52-56-74(57-53-66)82(68-30-13-3-14-31-68,69-32-15-4-16-33-69)70-34-17-5-18-35-70)67-54-58-75(59-55-67)83(71-36-19-6-20-37-71,72-38-21-7-22-39-72)73-40-23-8-24-41-73/h1-59H. The summed E-state index contributed by atoms with van der Waals surface area (Å²) in [5, 5.41) is 11.1. The molecule has 13 rings (SSSR count). The summed E-state index contributed by atoms with van der Waals surface area (Å²) >= 11 is 8.17. The fourth-order valence-corrected chi connectivity index (χ4v) is 22.2. The van der Waals surface area contributed by atoms with Crippen LogP contribution in [-0.4, -0.2) is 16.1 Å². The number of benzene rings is 13. The fourth-order valence-electron chi connectivity index (χ4n) is 12.4. The Morgan fingerprint density at radius 1 is 0.181 bits per heavy atom. The van der Waals surface area contributed by atoms with Crippen LogP contribution in [0, 0.1) is 0 Å². The van der Waals surface area contributed by atoms with E-state index in [1.54, 1.807) is 0 Å². The summed E-state index contributed by atoms with van der Waals surface area (Å²) in [6, 6.07) is 131. The Labute approximate surface area is 495 Å². The lowest BCUT2D eigenvalue weighted by atomic mass is 10.0. The van der Waals surface area contributed by atoms with Crippen LogP contribution in [0.2, 0.25) is 5.02 Å². The monoisotopic (exact) mass is 1110 g/mol. The largest absolute Gasteiger partial charge is 0.309 e. The molecule has 0 radical (unpaired) electrons. The Balaban J connectivity index is 1.01. The summed E-state index contributed by atoms with van der Waals surface area (Å²) < 4.78 is 0. The number of anilines is 6. The highest BCUT2D eigenvalue weighted by Gasteiger charge is 2.43. The first kappa shape index (κ1) is 52.6. The van der Waals surface area contributed by atoms with Gasteiger partial charge in [-0.2, -0.15) is 0 Å².